The van der Waals surface area contributed by atoms with E-state index >= 15 is 0 Å². The molecule has 1 unspecified atom stereocenters. The summed E-state index contributed by atoms with van der Waals surface area (Å²) in [5, 5.41) is 0. The van der Waals surface area contributed by atoms with Gasteiger partial charge in [0.25, 0.3) is 0 Å². The summed E-state index contributed by atoms with van der Waals surface area (Å²) >= 11 is 0. The van der Waals surface area contributed by atoms with Gasteiger partial charge >= 0.3 is 6.01 Å². The van der Waals surface area contributed by atoms with E-state index in [0.717, 1.165) is 75.5 Å². The minimum Gasteiger partial charge on any atom is -0.497 e. The van der Waals surface area contributed by atoms with E-state index in [9.17, 15) is 4.79 Å². The summed E-state index contributed by atoms with van der Waals surface area (Å²) in [7, 11) is 5.79. The fourth-order valence-electron chi connectivity index (χ4n) is 5.82. The number of amides is 1. The number of aryl methyl sites for hydroxylation is 1. The number of carbonyl (C=O) groups is 1. The molecule has 3 heterocycles. The number of rotatable bonds is 8. The van der Waals surface area contributed by atoms with Crippen LogP contribution in [0.15, 0.2) is 30.9 Å². The van der Waals surface area contributed by atoms with Gasteiger partial charge in [0.2, 0.25) is 5.91 Å². The second-order valence-corrected chi connectivity index (χ2v) is 10.6. The molecule has 5 rings (SSSR count). The van der Waals surface area contributed by atoms with Gasteiger partial charge in [-0.2, -0.15) is 9.97 Å². The number of benzene rings is 1. The second-order valence-electron chi connectivity index (χ2n) is 10.6. The Bertz CT molecular complexity index is 1160. The number of anilines is 2. The second kappa shape index (κ2) is 11.6. The minimum absolute atomic E-state index is 0.0108. The van der Waals surface area contributed by atoms with Crippen LogP contribution < -0.4 is 19.3 Å². The number of likely N-dealkylation sites (N-methyl/N-ethyl adjacent to an activating group) is 1. The van der Waals surface area contributed by atoms with E-state index in [1.54, 1.807) is 7.11 Å². The minimum atomic E-state index is -0.0108. The Labute approximate surface area is 226 Å². The molecule has 1 aliphatic carbocycles. The first-order valence-electron chi connectivity index (χ1n) is 13.7. The Kier molecular flexibility index (Phi) is 8.02. The molecule has 1 fully saturated rings. The van der Waals surface area contributed by atoms with Gasteiger partial charge in [-0.25, -0.2) is 0 Å². The smallest absolute Gasteiger partial charge is 0.318 e. The maximum Gasteiger partial charge on any atom is 0.318 e. The van der Waals surface area contributed by atoms with Crippen LogP contribution >= 0.6 is 0 Å². The number of hydrogen-bond acceptors (Lipinski definition) is 8. The highest BCUT2D eigenvalue weighted by molar-refractivity contribution is 5.87. The molecule has 9 nitrogen and oxygen atoms in total. The molecule has 38 heavy (non-hydrogen) atoms. The van der Waals surface area contributed by atoms with Crippen molar-refractivity contribution in [3.8, 4) is 11.8 Å². The van der Waals surface area contributed by atoms with Crippen LogP contribution in [0.2, 0.25) is 0 Å². The van der Waals surface area contributed by atoms with Gasteiger partial charge in [0.1, 0.15) is 18.2 Å². The molecular weight excluding hydrogens is 480 g/mol. The van der Waals surface area contributed by atoms with Crippen molar-refractivity contribution in [1.82, 2.24) is 19.8 Å². The molecule has 2 aromatic rings. The highest BCUT2D eigenvalue weighted by Gasteiger charge is 2.33. The third-order valence-corrected chi connectivity index (χ3v) is 7.93. The Morgan fingerprint density at radius 2 is 1.97 bits per heavy atom. The van der Waals surface area contributed by atoms with E-state index in [2.05, 4.69) is 39.5 Å². The summed E-state index contributed by atoms with van der Waals surface area (Å²) in [4.78, 5) is 30.8. The van der Waals surface area contributed by atoms with Crippen LogP contribution in [0.1, 0.15) is 29.7 Å². The molecule has 0 spiro atoms. The maximum absolute atomic E-state index is 12.1. The lowest BCUT2D eigenvalue weighted by Crippen LogP contribution is -2.49. The largest absolute Gasteiger partial charge is 0.497 e. The molecule has 2 aliphatic heterocycles. The Hall–Kier alpha value is -3.33. The SMILES string of the molecule is C=CC(=O)N1CCN(c2nc(OCCN(C)C)nc3c2CCC(N2CCCc4ccc(OC)cc42)C3)CC1. The van der Waals surface area contributed by atoms with Crippen LogP contribution in [0.25, 0.3) is 0 Å². The molecule has 3 aliphatic rings. The van der Waals surface area contributed by atoms with Crippen molar-refractivity contribution in [3.05, 3.63) is 47.7 Å². The summed E-state index contributed by atoms with van der Waals surface area (Å²) in [6, 6.07) is 7.29. The molecule has 1 aromatic heterocycles. The average molecular weight is 521 g/mol. The zero-order chi connectivity index (χ0) is 26.6. The molecule has 1 saturated heterocycles. The lowest BCUT2D eigenvalue weighted by molar-refractivity contribution is -0.126. The lowest BCUT2D eigenvalue weighted by atomic mass is 9.88. The number of fused-ring (bicyclic) bond motifs is 2. The van der Waals surface area contributed by atoms with Gasteiger partial charge in [-0.1, -0.05) is 12.6 Å². The standard InChI is InChI=1S/C29H40N6O3/c1-5-27(36)33-13-15-34(16-14-33)28-24-11-9-22(19-25(24)30-29(31-28)38-18-17-32(2)3)35-12-6-7-21-8-10-23(37-4)20-26(21)35/h5,8,10,20,22H,1,6-7,9,11-19H2,2-4H3. The van der Waals surface area contributed by atoms with Gasteiger partial charge < -0.3 is 29.1 Å². The first-order chi connectivity index (χ1) is 18.5. The van der Waals surface area contributed by atoms with E-state index in [4.69, 9.17) is 19.4 Å². The molecule has 0 bridgehead atoms. The Balaban J connectivity index is 1.41. The zero-order valence-corrected chi connectivity index (χ0v) is 23.0. The third kappa shape index (κ3) is 5.57. The fraction of sp³-hybridized carbons (Fsp3) is 0.552. The van der Waals surface area contributed by atoms with Crippen molar-refractivity contribution in [2.24, 2.45) is 0 Å². The molecule has 204 valence electrons. The Morgan fingerprint density at radius 3 is 2.71 bits per heavy atom. The normalized spacial score (nSPS) is 19.2. The van der Waals surface area contributed by atoms with Crippen LogP contribution in [0.3, 0.4) is 0 Å². The van der Waals surface area contributed by atoms with E-state index < -0.39 is 0 Å². The average Bonchev–Trinajstić information content (AvgIpc) is 2.95. The lowest BCUT2D eigenvalue weighted by Gasteiger charge is -2.41. The van der Waals surface area contributed by atoms with Gasteiger partial charge in [-0.3, -0.25) is 4.79 Å². The van der Waals surface area contributed by atoms with Crippen LogP contribution in [-0.4, -0.2) is 98.8 Å². The summed E-state index contributed by atoms with van der Waals surface area (Å²) in [6.07, 6.45) is 6.50. The highest BCUT2D eigenvalue weighted by atomic mass is 16.5. The number of methoxy groups -OCH3 is 1. The molecule has 0 radical (unpaired) electrons. The van der Waals surface area contributed by atoms with Crippen molar-refractivity contribution in [2.45, 2.75) is 38.1 Å². The number of nitrogens with zero attached hydrogens (tertiary/aromatic N) is 6. The van der Waals surface area contributed by atoms with Crippen molar-refractivity contribution in [1.29, 1.82) is 0 Å². The summed E-state index contributed by atoms with van der Waals surface area (Å²) in [6.45, 7) is 8.82. The predicted octanol–water partition coefficient (Wildman–Crippen LogP) is 2.57. The topological polar surface area (TPSA) is 74.3 Å². The van der Waals surface area contributed by atoms with Crippen LogP contribution in [0.5, 0.6) is 11.8 Å². The van der Waals surface area contributed by atoms with E-state index in [-0.39, 0.29) is 5.91 Å². The van der Waals surface area contributed by atoms with E-state index in [1.165, 1.54) is 22.9 Å². The summed E-state index contributed by atoms with van der Waals surface area (Å²) < 4.78 is 11.6. The Morgan fingerprint density at radius 1 is 1.16 bits per heavy atom. The molecule has 1 amide bonds. The van der Waals surface area contributed by atoms with Crippen LogP contribution in [0, 0.1) is 0 Å². The van der Waals surface area contributed by atoms with Crippen molar-refractivity contribution in [3.63, 3.8) is 0 Å². The van der Waals surface area contributed by atoms with E-state index in [1.807, 2.05) is 19.0 Å². The third-order valence-electron chi connectivity index (χ3n) is 7.93. The van der Waals surface area contributed by atoms with Gasteiger partial charge in [0.05, 0.1) is 12.8 Å². The summed E-state index contributed by atoms with van der Waals surface area (Å²) in [5.41, 5.74) is 5.01. The number of aromatic nitrogens is 2. The number of carbonyl (C=O) groups excluding carboxylic acids is 1. The molecule has 0 N–H and O–H groups in total. The monoisotopic (exact) mass is 520 g/mol. The van der Waals surface area contributed by atoms with Crippen molar-refractivity contribution < 1.29 is 14.3 Å². The van der Waals surface area contributed by atoms with Crippen LogP contribution in [-0.2, 0) is 24.1 Å². The highest BCUT2D eigenvalue weighted by Crippen LogP contribution is 2.37. The number of ether oxygens (including phenoxy) is 2. The van der Waals surface area contributed by atoms with Gasteiger partial charge in [-0.15, -0.1) is 0 Å². The first-order valence-corrected chi connectivity index (χ1v) is 13.7. The van der Waals surface area contributed by atoms with Crippen molar-refractivity contribution in [2.75, 3.05) is 76.9 Å². The van der Waals surface area contributed by atoms with E-state index in [0.29, 0.717) is 31.7 Å². The number of piperazine rings is 1. The maximum atomic E-state index is 12.1. The van der Waals surface area contributed by atoms with Gasteiger partial charge in [0.15, 0.2) is 0 Å². The quantitative estimate of drug-likeness (QED) is 0.492. The number of hydrogen-bond donors (Lipinski definition) is 0. The summed E-state index contributed by atoms with van der Waals surface area (Å²) in [5.74, 6) is 1.87. The predicted molar refractivity (Wildman–Crippen MR) is 150 cm³/mol. The first kappa shape index (κ1) is 26.3. The molecule has 1 aromatic carbocycles. The van der Waals surface area contributed by atoms with Gasteiger partial charge in [-0.05, 0) is 57.5 Å². The molecule has 1 atom stereocenters. The molecule has 9 heteroatoms. The van der Waals surface area contributed by atoms with Crippen LogP contribution in [0.4, 0.5) is 11.5 Å². The molecular formula is C29H40N6O3. The molecule has 0 saturated carbocycles. The van der Waals surface area contributed by atoms with Crippen molar-refractivity contribution >= 4 is 17.4 Å². The van der Waals surface area contributed by atoms with Gasteiger partial charge in [0, 0.05) is 69.0 Å². The zero-order valence-electron chi connectivity index (χ0n) is 23.0. The fourth-order valence-corrected chi connectivity index (χ4v) is 5.82.